The quantitative estimate of drug-likeness (QED) is 0.354. The van der Waals surface area contributed by atoms with Crippen LogP contribution in [-0.4, -0.2) is 65.8 Å². The van der Waals surface area contributed by atoms with Crippen LogP contribution in [0.2, 0.25) is 0 Å². The highest BCUT2D eigenvalue weighted by molar-refractivity contribution is 5.76. The Morgan fingerprint density at radius 2 is 2.10 bits per heavy atom. The average molecular weight is 544 g/mol. The summed E-state index contributed by atoms with van der Waals surface area (Å²) in [5.74, 6) is -3.79. The van der Waals surface area contributed by atoms with Gasteiger partial charge in [0.25, 0.3) is 5.92 Å². The first kappa shape index (κ1) is 27.9. The fourth-order valence-corrected chi connectivity index (χ4v) is 6.02. The lowest BCUT2D eigenvalue weighted by molar-refractivity contribution is -0.143. The van der Waals surface area contributed by atoms with E-state index in [-0.39, 0.29) is 32.1 Å². The molecule has 0 radical (unpaired) electrons. The van der Waals surface area contributed by atoms with Crippen LogP contribution in [0.3, 0.4) is 0 Å². The first-order valence-electron chi connectivity index (χ1n) is 14.3. The molecule has 3 aliphatic heterocycles. The van der Waals surface area contributed by atoms with Crippen LogP contribution in [0.1, 0.15) is 67.0 Å². The van der Waals surface area contributed by atoms with Gasteiger partial charge in [-0.25, -0.2) is 13.8 Å². The van der Waals surface area contributed by atoms with Crippen molar-refractivity contribution in [3.8, 4) is 0 Å². The number of aryl methyl sites for hydroxylation is 2. The average Bonchev–Trinajstić information content (AvgIpc) is 3.64. The third-order valence-electron chi connectivity index (χ3n) is 8.27. The van der Waals surface area contributed by atoms with E-state index in [0.717, 1.165) is 42.9 Å². The largest absolute Gasteiger partial charge is 0.480 e. The first-order valence-corrected chi connectivity index (χ1v) is 14.3. The number of halogens is 2. The summed E-state index contributed by atoms with van der Waals surface area (Å²) >= 11 is 0. The SMILES string of the molecule is O=C(O)[C@@H](c1ccccc1CO[C@H]1CCOC1)N1CC[C@@H](C(F)(F)CCCCc2ccc3c(n2)NCCC3)C1. The summed E-state index contributed by atoms with van der Waals surface area (Å²) in [5, 5.41) is 13.5. The number of pyridine rings is 1. The molecule has 2 N–H and O–H groups in total. The zero-order valence-corrected chi connectivity index (χ0v) is 22.4. The first-order chi connectivity index (χ1) is 18.9. The lowest BCUT2D eigenvalue weighted by atomic mass is 9.94. The number of carboxylic acids is 1. The Balaban J connectivity index is 1.15. The third-order valence-corrected chi connectivity index (χ3v) is 8.27. The molecule has 1 aromatic heterocycles. The third kappa shape index (κ3) is 6.94. The number of rotatable bonds is 12. The van der Waals surface area contributed by atoms with Crippen molar-refractivity contribution in [1.29, 1.82) is 0 Å². The number of carbonyl (C=O) groups is 1. The molecule has 39 heavy (non-hydrogen) atoms. The predicted octanol–water partition coefficient (Wildman–Crippen LogP) is 5.24. The number of alkyl halides is 2. The van der Waals surface area contributed by atoms with Gasteiger partial charge in [0.1, 0.15) is 11.9 Å². The van der Waals surface area contributed by atoms with Crippen LogP contribution in [0.5, 0.6) is 0 Å². The van der Waals surface area contributed by atoms with Gasteiger partial charge in [0.2, 0.25) is 0 Å². The van der Waals surface area contributed by atoms with E-state index in [1.807, 2.05) is 18.2 Å². The van der Waals surface area contributed by atoms with E-state index in [4.69, 9.17) is 9.47 Å². The number of benzene rings is 1. The minimum atomic E-state index is -2.84. The van der Waals surface area contributed by atoms with E-state index in [1.54, 1.807) is 17.0 Å². The maximum atomic E-state index is 15.3. The van der Waals surface area contributed by atoms with Crippen molar-refractivity contribution in [3.63, 3.8) is 0 Å². The maximum Gasteiger partial charge on any atom is 0.325 e. The van der Waals surface area contributed by atoms with Gasteiger partial charge < -0.3 is 19.9 Å². The van der Waals surface area contributed by atoms with Crippen LogP contribution >= 0.6 is 0 Å². The van der Waals surface area contributed by atoms with Gasteiger partial charge in [0.05, 0.1) is 19.3 Å². The van der Waals surface area contributed by atoms with Crippen LogP contribution in [0, 0.1) is 5.92 Å². The molecule has 3 aliphatic rings. The lowest BCUT2D eigenvalue weighted by Gasteiger charge is -2.28. The summed E-state index contributed by atoms with van der Waals surface area (Å²) in [6.07, 6.45) is 4.76. The van der Waals surface area contributed by atoms with Crippen LogP contribution in [0.15, 0.2) is 36.4 Å². The number of unbranched alkanes of at least 4 members (excludes halogenated alkanes) is 1. The van der Waals surface area contributed by atoms with Gasteiger partial charge in [-0.1, -0.05) is 30.3 Å². The van der Waals surface area contributed by atoms with Gasteiger partial charge in [-0.2, -0.15) is 0 Å². The highest BCUT2D eigenvalue weighted by Crippen LogP contribution is 2.40. The summed E-state index contributed by atoms with van der Waals surface area (Å²) in [7, 11) is 0. The van der Waals surface area contributed by atoms with Crippen molar-refractivity contribution >= 4 is 11.8 Å². The van der Waals surface area contributed by atoms with E-state index < -0.39 is 23.9 Å². The number of likely N-dealkylation sites (tertiary alicyclic amines) is 1. The van der Waals surface area contributed by atoms with Crippen molar-refractivity contribution in [2.45, 2.75) is 76.0 Å². The van der Waals surface area contributed by atoms with E-state index in [2.05, 4.69) is 16.4 Å². The van der Waals surface area contributed by atoms with Crippen molar-refractivity contribution in [3.05, 3.63) is 58.8 Å². The van der Waals surface area contributed by atoms with Crippen LogP contribution in [-0.2, 0) is 33.7 Å². The number of aromatic nitrogens is 1. The number of hydrogen-bond donors (Lipinski definition) is 2. The predicted molar refractivity (Wildman–Crippen MR) is 144 cm³/mol. The minimum Gasteiger partial charge on any atom is -0.480 e. The number of hydrogen-bond acceptors (Lipinski definition) is 6. The fraction of sp³-hybridized carbons (Fsp3) is 0.600. The molecule has 2 aromatic rings. The number of anilines is 1. The van der Waals surface area contributed by atoms with Gasteiger partial charge in [-0.3, -0.25) is 9.69 Å². The van der Waals surface area contributed by atoms with Crippen molar-refractivity contribution in [2.75, 3.05) is 38.2 Å². The van der Waals surface area contributed by atoms with Crippen molar-refractivity contribution < 1.29 is 28.2 Å². The van der Waals surface area contributed by atoms with E-state index in [9.17, 15) is 9.90 Å². The molecule has 7 nitrogen and oxygen atoms in total. The molecule has 0 aliphatic carbocycles. The molecule has 3 atom stereocenters. The number of nitrogens with one attached hydrogen (secondary N) is 1. The lowest BCUT2D eigenvalue weighted by Crippen LogP contribution is -2.36. The maximum absolute atomic E-state index is 15.3. The number of aliphatic carboxylic acids is 1. The molecule has 0 amide bonds. The second-order valence-corrected chi connectivity index (χ2v) is 11.0. The molecule has 1 aromatic carbocycles. The second kappa shape index (κ2) is 12.7. The van der Waals surface area contributed by atoms with Crippen molar-refractivity contribution in [2.24, 2.45) is 5.92 Å². The minimum absolute atomic E-state index is 0.00381. The summed E-state index contributed by atoms with van der Waals surface area (Å²) < 4.78 is 41.8. The molecule has 0 unspecified atom stereocenters. The van der Waals surface area contributed by atoms with Crippen LogP contribution < -0.4 is 5.32 Å². The molecule has 9 heteroatoms. The Morgan fingerprint density at radius 1 is 1.23 bits per heavy atom. The van der Waals surface area contributed by atoms with Crippen molar-refractivity contribution in [1.82, 2.24) is 9.88 Å². The molecule has 2 saturated heterocycles. The molecule has 2 fully saturated rings. The van der Waals surface area contributed by atoms with E-state index in [0.29, 0.717) is 44.6 Å². The van der Waals surface area contributed by atoms with Gasteiger partial charge in [-0.15, -0.1) is 0 Å². The van der Waals surface area contributed by atoms with Crippen LogP contribution in [0.25, 0.3) is 0 Å². The summed E-state index contributed by atoms with van der Waals surface area (Å²) in [6, 6.07) is 10.4. The Hall–Kier alpha value is -2.62. The smallest absolute Gasteiger partial charge is 0.325 e. The number of nitrogens with zero attached hydrogens (tertiary/aromatic N) is 2. The number of fused-ring (bicyclic) bond motifs is 1. The van der Waals surface area contributed by atoms with Gasteiger partial charge in [0, 0.05) is 37.7 Å². The van der Waals surface area contributed by atoms with Gasteiger partial charge >= 0.3 is 5.97 Å². The Labute approximate surface area is 228 Å². The molecule has 5 rings (SSSR count). The van der Waals surface area contributed by atoms with E-state index in [1.165, 1.54) is 5.56 Å². The normalized spacial score (nSPS) is 22.4. The second-order valence-electron chi connectivity index (χ2n) is 11.0. The fourth-order valence-electron chi connectivity index (χ4n) is 6.02. The highest BCUT2D eigenvalue weighted by atomic mass is 19.3. The van der Waals surface area contributed by atoms with Gasteiger partial charge in [0.15, 0.2) is 0 Å². The van der Waals surface area contributed by atoms with E-state index >= 15 is 8.78 Å². The summed E-state index contributed by atoms with van der Waals surface area (Å²) in [6.45, 7) is 2.79. The monoisotopic (exact) mass is 543 g/mol. The van der Waals surface area contributed by atoms with Crippen LogP contribution in [0.4, 0.5) is 14.6 Å². The van der Waals surface area contributed by atoms with Gasteiger partial charge in [-0.05, 0) is 74.2 Å². The Bertz CT molecular complexity index is 1130. The zero-order chi connectivity index (χ0) is 27.2. The Kier molecular flexibility index (Phi) is 9.10. The topological polar surface area (TPSA) is 83.9 Å². The molecular weight excluding hydrogens is 504 g/mol. The standard InChI is InChI=1S/C30H39F2N3O4/c31-30(32,14-4-3-8-24-11-10-21-7-5-15-33-28(21)34-24)23-12-16-35(18-23)27(29(36)37)26-9-2-1-6-22(26)19-39-25-13-17-38-20-25/h1-2,6,9-11,23,25,27H,3-5,7-8,12-20H2,(H,33,34)(H,36,37)/t23-,25+,27-/m1/s1. The molecule has 0 bridgehead atoms. The number of carboxylic acid groups (broad SMARTS) is 1. The summed E-state index contributed by atoms with van der Waals surface area (Å²) in [5.41, 5.74) is 3.55. The molecule has 0 spiro atoms. The molecule has 0 saturated carbocycles. The molecule has 4 heterocycles. The molecule has 212 valence electrons. The zero-order valence-electron chi connectivity index (χ0n) is 22.4. The number of ether oxygens (including phenoxy) is 2. The molecular formula is C30H39F2N3O4. The summed E-state index contributed by atoms with van der Waals surface area (Å²) in [4.78, 5) is 18.8. The Morgan fingerprint density at radius 3 is 2.92 bits per heavy atom. The highest BCUT2D eigenvalue weighted by Gasteiger charge is 2.45.